The molecule has 0 amide bonds. The Morgan fingerprint density at radius 2 is 2.17 bits per heavy atom. The molecule has 1 unspecified atom stereocenters. The molecular weight excluding hydrogens is 230 g/mol. The first-order valence-corrected chi connectivity index (χ1v) is 6.11. The fourth-order valence-electron chi connectivity index (χ4n) is 2.30. The van der Waals surface area contributed by atoms with Crippen LogP contribution in [0.5, 0.6) is 5.75 Å². The van der Waals surface area contributed by atoms with Gasteiger partial charge in [-0.15, -0.1) is 0 Å². The number of rotatable bonds is 2. The highest BCUT2D eigenvalue weighted by molar-refractivity contribution is 5.63. The fraction of sp³-hybridized carbons (Fsp3) is 0.385. The number of benzene rings is 1. The van der Waals surface area contributed by atoms with E-state index in [1.165, 1.54) is 0 Å². The Morgan fingerprint density at radius 1 is 1.33 bits per heavy atom. The Hall–Kier alpha value is -1.88. The molecule has 1 aromatic heterocycles. The lowest BCUT2D eigenvalue weighted by molar-refractivity contribution is 0.185. The molecule has 2 N–H and O–H groups in total. The van der Waals surface area contributed by atoms with Crippen molar-refractivity contribution in [3.63, 3.8) is 0 Å². The molecule has 94 valence electrons. The van der Waals surface area contributed by atoms with Gasteiger partial charge in [-0.25, -0.2) is 9.67 Å². The minimum atomic E-state index is 0.186. The Kier molecular flexibility index (Phi) is 2.76. The van der Waals surface area contributed by atoms with Crippen molar-refractivity contribution in [2.24, 2.45) is 5.92 Å². The van der Waals surface area contributed by atoms with Gasteiger partial charge in [0, 0.05) is 25.5 Å². The van der Waals surface area contributed by atoms with Crippen LogP contribution in [0.25, 0.3) is 11.4 Å². The van der Waals surface area contributed by atoms with Crippen LogP contribution in [-0.2, 0) is 13.0 Å². The molecule has 5 nitrogen and oxygen atoms in total. The lowest BCUT2D eigenvalue weighted by atomic mass is 10.0. The molecular formula is C13H15N3O2. The second-order valence-corrected chi connectivity index (χ2v) is 4.64. The largest absolute Gasteiger partial charge is 0.507 e. The predicted octanol–water partition coefficient (Wildman–Crippen LogP) is 1.21. The normalized spacial score (nSPS) is 18.6. The molecule has 0 radical (unpaired) electrons. The van der Waals surface area contributed by atoms with Crippen LogP contribution in [0.1, 0.15) is 12.2 Å². The van der Waals surface area contributed by atoms with Crippen LogP contribution in [0.4, 0.5) is 0 Å². The minimum absolute atomic E-state index is 0.186. The number of para-hydroxylation sites is 1. The Labute approximate surface area is 105 Å². The summed E-state index contributed by atoms with van der Waals surface area (Å²) >= 11 is 0. The number of aliphatic hydroxyl groups excluding tert-OH is 1. The minimum Gasteiger partial charge on any atom is -0.507 e. The second kappa shape index (κ2) is 4.42. The summed E-state index contributed by atoms with van der Waals surface area (Å²) in [7, 11) is 0. The number of nitrogens with zero attached hydrogens (tertiary/aromatic N) is 3. The quantitative estimate of drug-likeness (QED) is 0.834. The van der Waals surface area contributed by atoms with E-state index in [0.717, 1.165) is 18.7 Å². The standard InChI is InChI=1S/C13H15N3O2/c17-8-9-5-6-12-14-13(15-16(12)7-9)10-3-1-2-4-11(10)18/h1-4,9,17-18H,5-8H2. The van der Waals surface area contributed by atoms with Gasteiger partial charge in [-0.2, -0.15) is 5.10 Å². The highest BCUT2D eigenvalue weighted by Crippen LogP contribution is 2.27. The highest BCUT2D eigenvalue weighted by atomic mass is 16.3. The van der Waals surface area contributed by atoms with Gasteiger partial charge in [0.2, 0.25) is 0 Å². The molecule has 1 atom stereocenters. The van der Waals surface area contributed by atoms with Crippen molar-refractivity contribution >= 4 is 0 Å². The average molecular weight is 245 g/mol. The number of aryl methyl sites for hydroxylation is 1. The van der Waals surface area contributed by atoms with E-state index in [0.29, 0.717) is 17.9 Å². The third-order valence-corrected chi connectivity index (χ3v) is 3.36. The van der Waals surface area contributed by atoms with Crippen LogP contribution in [0.15, 0.2) is 24.3 Å². The summed E-state index contributed by atoms with van der Waals surface area (Å²) in [6, 6.07) is 7.06. The number of hydrogen-bond donors (Lipinski definition) is 2. The third-order valence-electron chi connectivity index (χ3n) is 3.36. The van der Waals surface area contributed by atoms with Gasteiger partial charge in [0.15, 0.2) is 5.82 Å². The van der Waals surface area contributed by atoms with E-state index in [1.807, 2.05) is 10.7 Å². The van der Waals surface area contributed by atoms with Crippen LogP contribution in [0.3, 0.4) is 0 Å². The molecule has 2 aromatic rings. The molecule has 18 heavy (non-hydrogen) atoms. The summed E-state index contributed by atoms with van der Waals surface area (Å²) in [6.45, 7) is 0.887. The molecule has 1 aliphatic heterocycles. The van der Waals surface area contributed by atoms with Crippen LogP contribution in [-0.4, -0.2) is 31.6 Å². The van der Waals surface area contributed by atoms with E-state index >= 15 is 0 Å². The van der Waals surface area contributed by atoms with Crippen molar-refractivity contribution in [1.82, 2.24) is 14.8 Å². The van der Waals surface area contributed by atoms with Gasteiger partial charge in [-0.3, -0.25) is 0 Å². The molecule has 0 fully saturated rings. The first kappa shape index (κ1) is 11.2. The van der Waals surface area contributed by atoms with Crippen molar-refractivity contribution < 1.29 is 10.2 Å². The van der Waals surface area contributed by atoms with Gasteiger partial charge < -0.3 is 10.2 Å². The van der Waals surface area contributed by atoms with E-state index in [-0.39, 0.29) is 18.3 Å². The van der Waals surface area contributed by atoms with Crippen LogP contribution >= 0.6 is 0 Å². The molecule has 2 heterocycles. The van der Waals surface area contributed by atoms with Crippen molar-refractivity contribution in [3.05, 3.63) is 30.1 Å². The lowest BCUT2D eigenvalue weighted by Gasteiger charge is -2.19. The summed E-state index contributed by atoms with van der Waals surface area (Å²) in [6.07, 6.45) is 1.77. The molecule has 1 aliphatic rings. The number of aromatic nitrogens is 3. The van der Waals surface area contributed by atoms with Crippen molar-refractivity contribution in [1.29, 1.82) is 0 Å². The van der Waals surface area contributed by atoms with E-state index < -0.39 is 0 Å². The van der Waals surface area contributed by atoms with Gasteiger partial charge in [0.05, 0.1) is 5.56 Å². The van der Waals surface area contributed by atoms with Crippen LogP contribution in [0, 0.1) is 5.92 Å². The van der Waals surface area contributed by atoms with Crippen molar-refractivity contribution in [2.45, 2.75) is 19.4 Å². The Balaban J connectivity index is 1.97. The monoisotopic (exact) mass is 245 g/mol. The number of phenols is 1. The van der Waals surface area contributed by atoms with Crippen LogP contribution < -0.4 is 0 Å². The van der Waals surface area contributed by atoms with Gasteiger partial charge >= 0.3 is 0 Å². The predicted molar refractivity (Wildman–Crippen MR) is 66.0 cm³/mol. The number of aromatic hydroxyl groups is 1. The lowest BCUT2D eigenvalue weighted by Crippen LogP contribution is -2.23. The Morgan fingerprint density at radius 3 is 2.94 bits per heavy atom. The number of hydrogen-bond acceptors (Lipinski definition) is 4. The average Bonchev–Trinajstić information content (AvgIpc) is 2.81. The van der Waals surface area contributed by atoms with Gasteiger partial charge in [-0.1, -0.05) is 12.1 Å². The molecule has 0 saturated carbocycles. The molecule has 0 saturated heterocycles. The SMILES string of the molecule is OCC1CCc2nc(-c3ccccc3O)nn2C1. The van der Waals surface area contributed by atoms with Gasteiger partial charge in [-0.05, 0) is 18.6 Å². The second-order valence-electron chi connectivity index (χ2n) is 4.64. The zero-order chi connectivity index (χ0) is 12.5. The molecule has 0 aliphatic carbocycles. The first-order valence-electron chi connectivity index (χ1n) is 6.11. The zero-order valence-electron chi connectivity index (χ0n) is 9.95. The highest BCUT2D eigenvalue weighted by Gasteiger charge is 2.22. The van der Waals surface area contributed by atoms with Crippen molar-refractivity contribution in [2.75, 3.05) is 6.61 Å². The summed E-state index contributed by atoms with van der Waals surface area (Å²) in [5.41, 5.74) is 0.653. The summed E-state index contributed by atoms with van der Waals surface area (Å²) in [5.74, 6) is 1.94. The molecule has 5 heteroatoms. The maximum Gasteiger partial charge on any atom is 0.185 e. The number of phenolic OH excluding ortho intramolecular Hbond substituents is 1. The summed E-state index contributed by atoms with van der Waals surface area (Å²) in [5, 5.41) is 23.4. The maximum atomic E-state index is 9.79. The van der Waals surface area contributed by atoms with Crippen molar-refractivity contribution in [3.8, 4) is 17.1 Å². The molecule has 0 spiro atoms. The molecule has 3 rings (SSSR count). The fourth-order valence-corrected chi connectivity index (χ4v) is 2.30. The maximum absolute atomic E-state index is 9.79. The van der Waals surface area contributed by atoms with E-state index in [1.54, 1.807) is 18.2 Å². The number of aliphatic hydroxyl groups is 1. The third kappa shape index (κ3) is 1.86. The topological polar surface area (TPSA) is 71.2 Å². The van der Waals surface area contributed by atoms with Gasteiger partial charge in [0.25, 0.3) is 0 Å². The van der Waals surface area contributed by atoms with E-state index in [4.69, 9.17) is 0 Å². The molecule has 1 aromatic carbocycles. The smallest absolute Gasteiger partial charge is 0.185 e. The Bertz CT molecular complexity index is 565. The first-order chi connectivity index (χ1) is 8.78. The van der Waals surface area contributed by atoms with Crippen LogP contribution in [0.2, 0.25) is 0 Å². The number of fused-ring (bicyclic) bond motifs is 1. The zero-order valence-corrected chi connectivity index (χ0v) is 9.95. The summed E-state index contributed by atoms with van der Waals surface area (Å²) in [4.78, 5) is 4.46. The molecule has 0 bridgehead atoms. The van der Waals surface area contributed by atoms with E-state index in [9.17, 15) is 10.2 Å². The van der Waals surface area contributed by atoms with E-state index in [2.05, 4.69) is 10.1 Å². The van der Waals surface area contributed by atoms with Gasteiger partial charge in [0.1, 0.15) is 11.6 Å². The summed E-state index contributed by atoms with van der Waals surface area (Å²) < 4.78 is 1.84.